The maximum Gasteiger partial charge on any atom is 0.131 e. The number of hydrogen-bond acceptors (Lipinski definition) is 7. The molecule has 7 nitrogen and oxygen atoms in total. The summed E-state index contributed by atoms with van der Waals surface area (Å²) in [5.74, 6) is 2.47. The highest BCUT2D eigenvalue weighted by Crippen LogP contribution is 2.27. The maximum absolute atomic E-state index is 6.10. The lowest BCUT2D eigenvalue weighted by Crippen LogP contribution is -2.38. The van der Waals surface area contributed by atoms with Crippen molar-refractivity contribution in [3.63, 3.8) is 0 Å². The summed E-state index contributed by atoms with van der Waals surface area (Å²) in [6.07, 6.45) is -0.0938. The van der Waals surface area contributed by atoms with E-state index >= 15 is 0 Å². The normalized spacial score (nSPS) is 16.5. The molecule has 2 aromatic heterocycles. The van der Waals surface area contributed by atoms with Gasteiger partial charge in [0.2, 0.25) is 0 Å². The molecule has 1 fully saturated rings. The third-order valence-electron chi connectivity index (χ3n) is 5.53. The van der Waals surface area contributed by atoms with Gasteiger partial charge in [-0.2, -0.15) is 0 Å². The molecule has 3 heterocycles. The largest absolute Gasteiger partial charge is 0.494 e. The Morgan fingerprint density at radius 3 is 2.70 bits per heavy atom. The second kappa shape index (κ2) is 11.2. The summed E-state index contributed by atoms with van der Waals surface area (Å²) < 4.78 is 17.3. The number of hydrogen-bond donors (Lipinski definition) is 1. The number of benzene rings is 1. The Balaban J connectivity index is 1.46. The average molecular weight is 449 g/mol. The summed E-state index contributed by atoms with van der Waals surface area (Å²) in [6.45, 7) is 8.29. The summed E-state index contributed by atoms with van der Waals surface area (Å²) >= 11 is 0. The van der Waals surface area contributed by atoms with Crippen molar-refractivity contribution in [1.29, 1.82) is 0 Å². The van der Waals surface area contributed by atoms with Crippen LogP contribution in [-0.2, 0) is 22.6 Å². The van der Waals surface area contributed by atoms with E-state index in [0.29, 0.717) is 19.8 Å². The number of nitrogens with one attached hydrogen (secondary N) is 1. The number of nitrogens with zero attached hydrogens (tertiary/aromatic N) is 3. The van der Waals surface area contributed by atoms with Crippen molar-refractivity contribution in [1.82, 2.24) is 14.9 Å². The standard InChI is InChI=1S/C26H32N4O3/c1-4-32-23-12-11-20(18-31-3)15-21(23)16-30-13-14-33-24(17-30)22-8-6-10-26(28-22)29-25-9-5-7-19(2)27-25/h5-12,15,24H,4,13-14,16-18H2,1-3H3,(H,27,28,29). The third kappa shape index (κ3) is 6.28. The number of ether oxygens (including phenoxy) is 3. The summed E-state index contributed by atoms with van der Waals surface area (Å²) in [5, 5.41) is 3.30. The van der Waals surface area contributed by atoms with Crippen molar-refractivity contribution >= 4 is 11.6 Å². The van der Waals surface area contributed by atoms with Crippen LogP contribution in [0.5, 0.6) is 5.75 Å². The zero-order chi connectivity index (χ0) is 23.0. The van der Waals surface area contributed by atoms with Gasteiger partial charge in [0, 0.05) is 38.0 Å². The van der Waals surface area contributed by atoms with Crippen molar-refractivity contribution in [2.75, 3.05) is 38.7 Å². The minimum absolute atomic E-state index is 0.0938. The van der Waals surface area contributed by atoms with Gasteiger partial charge in [-0.3, -0.25) is 4.90 Å². The van der Waals surface area contributed by atoms with Gasteiger partial charge >= 0.3 is 0 Å². The molecular weight excluding hydrogens is 416 g/mol. The van der Waals surface area contributed by atoms with Crippen molar-refractivity contribution in [2.45, 2.75) is 33.1 Å². The van der Waals surface area contributed by atoms with E-state index in [1.807, 2.05) is 56.3 Å². The third-order valence-corrected chi connectivity index (χ3v) is 5.53. The van der Waals surface area contributed by atoms with Gasteiger partial charge in [0.1, 0.15) is 23.5 Å². The first-order valence-electron chi connectivity index (χ1n) is 11.4. The van der Waals surface area contributed by atoms with E-state index in [1.165, 1.54) is 5.56 Å². The molecule has 3 aromatic rings. The smallest absolute Gasteiger partial charge is 0.131 e. The van der Waals surface area contributed by atoms with Gasteiger partial charge in [0.05, 0.1) is 25.5 Å². The molecule has 1 aliphatic heterocycles. The monoisotopic (exact) mass is 448 g/mol. The lowest BCUT2D eigenvalue weighted by atomic mass is 10.1. The fourth-order valence-electron chi connectivity index (χ4n) is 4.02. The van der Waals surface area contributed by atoms with Crippen LogP contribution in [0.1, 0.15) is 35.5 Å². The lowest BCUT2D eigenvalue weighted by molar-refractivity contribution is -0.0351. The molecule has 33 heavy (non-hydrogen) atoms. The minimum atomic E-state index is -0.0938. The molecule has 0 amide bonds. The summed E-state index contributed by atoms with van der Waals surface area (Å²) in [5.41, 5.74) is 4.19. The molecule has 4 rings (SSSR count). The quantitative estimate of drug-likeness (QED) is 0.511. The Kier molecular flexibility index (Phi) is 7.88. The molecule has 1 unspecified atom stereocenters. The Hall–Kier alpha value is -3.00. The first-order valence-corrected chi connectivity index (χ1v) is 11.4. The van der Waals surface area contributed by atoms with Gasteiger partial charge in [-0.15, -0.1) is 0 Å². The van der Waals surface area contributed by atoms with E-state index in [1.54, 1.807) is 7.11 Å². The predicted molar refractivity (Wildman–Crippen MR) is 129 cm³/mol. The van der Waals surface area contributed by atoms with Crippen LogP contribution in [0.2, 0.25) is 0 Å². The molecule has 1 aromatic carbocycles. The number of pyridine rings is 2. The molecule has 0 aliphatic carbocycles. The summed E-state index contributed by atoms with van der Waals surface area (Å²) in [7, 11) is 1.72. The van der Waals surface area contributed by atoms with Crippen LogP contribution in [-0.4, -0.2) is 48.3 Å². The van der Waals surface area contributed by atoms with E-state index in [2.05, 4.69) is 27.3 Å². The van der Waals surface area contributed by atoms with Gasteiger partial charge in [-0.25, -0.2) is 9.97 Å². The molecule has 1 aliphatic rings. The minimum Gasteiger partial charge on any atom is -0.494 e. The Morgan fingerprint density at radius 2 is 1.91 bits per heavy atom. The number of methoxy groups -OCH3 is 1. The van der Waals surface area contributed by atoms with Crippen LogP contribution < -0.4 is 10.1 Å². The summed E-state index contributed by atoms with van der Waals surface area (Å²) in [4.78, 5) is 11.7. The topological polar surface area (TPSA) is 68.7 Å². The van der Waals surface area contributed by atoms with Crippen LogP contribution in [0, 0.1) is 6.92 Å². The Bertz CT molecular complexity index is 1060. The van der Waals surface area contributed by atoms with Crippen LogP contribution in [0.3, 0.4) is 0 Å². The van der Waals surface area contributed by atoms with Crippen LogP contribution in [0.15, 0.2) is 54.6 Å². The Labute approximate surface area is 195 Å². The maximum atomic E-state index is 6.10. The van der Waals surface area contributed by atoms with Gasteiger partial charge in [0.15, 0.2) is 0 Å². The van der Waals surface area contributed by atoms with E-state index < -0.39 is 0 Å². The van der Waals surface area contributed by atoms with Gasteiger partial charge in [0.25, 0.3) is 0 Å². The molecule has 1 N–H and O–H groups in total. The van der Waals surface area contributed by atoms with Crippen molar-refractivity contribution in [2.24, 2.45) is 0 Å². The highest BCUT2D eigenvalue weighted by Gasteiger charge is 2.24. The molecular formula is C26H32N4O3. The molecule has 1 atom stereocenters. The van der Waals surface area contributed by atoms with Gasteiger partial charge in [-0.1, -0.05) is 18.2 Å². The fraction of sp³-hybridized carbons (Fsp3) is 0.385. The number of aryl methyl sites for hydroxylation is 1. The fourth-order valence-corrected chi connectivity index (χ4v) is 4.02. The number of rotatable bonds is 9. The molecule has 0 spiro atoms. The summed E-state index contributed by atoms with van der Waals surface area (Å²) in [6, 6.07) is 18.1. The molecule has 174 valence electrons. The SMILES string of the molecule is CCOc1ccc(COC)cc1CN1CCOC(c2cccc(Nc3cccc(C)n3)n2)C1. The number of aromatic nitrogens is 2. The molecule has 0 radical (unpaired) electrons. The lowest BCUT2D eigenvalue weighted by Gasteiger charge is -2.33. The van der Waals surface area contributed by atoms with Crippen LogP contribution >= 0.6 is 0 Å². The number of morpholine rings is 1. The first-order chi connectivity index (χ1) is 16.1. The zero-order valence-electron chi connectivity index (χ0n) is 19.6. The molecule has 1 saturated heterocycles. The highest BCUT2D eigenvalue weighted by molar-refractivity contribution is 5.51. The molecule has 0 bridgehead atoms. The number of anilines is 2. The van der Waals surface area contributed by atoms with Crippen molar-refractivity contribution < 1.29 is 14.2 Å². The van der Waals surface area contributed by atoms with E-state index in [9.17, 15) is 0 Å². The van der Waals surface area contributed by atoms with Crippen LogP contribution in [0.25, 0.3) is 0 Å². The highest BCUT2D eigenvalue weighted by atomic mass is 16.5. The second-order valence-electron chi connectivity index (χ2n) is 8.14. The molecule has 7 heteroatoms. The molecule has 0 saturated carbocycles. The zero-order valence-corrected chi connectivity index (χ0v) is 19.6. The van der Waals surface area contributed by atoms with Crippen molar-refractivity contribution in [3.05, 3.63) is 77.1 Å². The average Bonchev–Trinajstić information content (AvgIpc) is 2.81. The van der Waals surface area contributed by atoms with E-state index in [4.69, 9.17) is 19.2 Å². The second-order valence-corrected chi connectivity index (χ2v) is 8.14. The van der Waals surface area contributed by atoms with E-state index in [-0.39, 0.29) is 6.10 Å². The van der Waals surface area contributed by atoms with Crippen LogP contribution in [0.4, 0.5) is 11.6 Å². The van der Waals surface area contributed by atoms with E-state index in [0.717, 1.165) is 54.0 Å². The predicted octanol–water partition coefficient (Wildman–Crippen LogP) is 4.65. The van der Waals surface area contributed by atoms with Gasteiger partial charge < -0.3 is 19.5 Å². The Morgan fingerprint density at radius 1 is 1.09 bits per heavy atom. The first kappa shape index (κ1) is 23.2. The van der Waals surface area contributed by atoms with Crippen molar-refractivity contribution in [3.8, 4) is 5.75 Å². The van der Waals surface area contributed by atoms with Gasteiger partial charge in [-0.05, 0) is 55.8 Å².